The largest absolute Gasteiger partial charge is 0.495 e. The average molecular weight is 332 g/mol. The van der Waals surface area contributed by atoms with Crippen molar-refractivity contribution in [2.24, 2.45) is 0 Å². The van der Waals surface area contributed by atoms with Crippen LogP contribution in [0, 0.1) is 0 Å². The molecule has 0 atom stereocenters. The van der Waals surface area contributed by atoms with Gasteiger partial charge in [0.05, 0.1) is 18.6 Å². The first-order valence-corrected chi connectivity index (χ1v) is 7.52. The highest BCUT2D eigenvalue weighted by Crippen LogP contribution is 2.23. The van der Waals surface area contributed by atoms with Gasteiger partial charge in [-0.05, 0) is 12.1 Å². The molecule has 23 heavy (non-hydrogen) atoms. The van der Waals surface area contributed by atoms with Crippen molar-refractivity contribution in [1.82, 2.24) is 24.8 Å². The Labute approximate surface area is 134 Å². The van der Waals surface area contributed by atoms with Gasteiger partial charge in [-0.2, -0.15) is 9.61 Å². The molecule has 2 heterocycles. The molecule has 0 saturated carbocycles. The van der Waals surface area contributed by atoms with E-state index in [4.69, 9.17) is 4.74 Å². The number of ether oxygens (including phenoxy) is 1. The second kappa shape index (κ2) is 6.48. The van der Waals surface area contributed by atoms with Crippen molar-refractivity contribution in [3.63, 3.8) is 0 Å². The van der Waals surface area contributed by atoms with Crippen molar-refractivity contribution in [3.8, 4) is 5.75 Å². The molecule has 3 rings (SSSR count). The predicted molar refractivity (Wildman–Crippen MR) is 83.8 cm³/mol. The van der Waals surface area contributed by atoms with E-state index in [1.54, 1.807) is 18.2 Å². The van der Waals surface area contributed by atoms with Crippen LogP contribution in [-0.4, -0.2) is 43.6 Å². The number of hydrogen-bond acceptors (Lipinski definition) is 7. The fraction of sp³-hybridized carbons (Fsp3) is 0.154. The molecule has 0 aliphatic carbocycles. The fourth-order valence-corrected chi connectivity index (χ4v) is 2.54. The summed E-state index contributed by atoms with van der Waals surface area (Å²) in [4.78, 5) is 25.7. The molecule has 3 aromatic rings. The molecular formula is C13H12N6O3S. The first-order chi connectivity index (χ1) is 11.2. The standard InChI is InChI=1S/C13H12N6O3S/c1-22-9-5-3-2-4-8(9)15-11(21)7-23-13-18-17-12-16-10(20)6-14-19(12)13/h2-6H,7H2,1H3,(H,15,21)(H,16,17,20). The zero-order valence-electron chi connectivity index (χ0n) is 12.0. The Kier molecular flexibility index (Phi) is 4.24. The number of thioether (sulfide) groups is 1. The summed E-state index contributed by atoms with van der Waals surface area (Å²) < 4.78 is 6.54. The molecule has 0 fully saturated rings. The van der Waals surface area contributed by atoms with Gasteiger partial charge in [0.1, 0.15) is 11.9 Å². The lowest BCUT2D eigenvalue weighted by molar-refractivity contribution is -0.113. The first-order valence-electron chi connectivity index (χ1n) is 6.54. The molecule has 0 radical (unpaired) electrons. The van der Waals surface area contributed by atoms with Gasteiger partial charge in [-0.1, -0.05) is 23.9 Å². The van der Waals surface area contributed by atoms with E-state index < -0.39 is 0 Å². The van der Waals surface area contributed by atoms with E-state index in [9.17, 15) is 9.59 Å². The number of rotatable bonds is 5. The summed E-state index contributed by atoms with van der Waals surface area (Å²) in [5, 5.41) is 14.8. The lowest BCUT2D eigenvalue weighted by Crippen LogP contribution is -2.15. The maximum atomic E-state index is 12.0. The highest BCUT2D eigenvalue weighted by molar-refractivity contribution is 7.99. The number of benzene rings is 1. The van der Waals surface area contributed by atoms with Crippen LogP contribution in [-0.2, 0) is 4.79 Å². The van der Waals surface area contributed by atoms with E-state index in [1.165, 1.54) is 11.6 Å². The third kappa shape index (κ3) is 3.31. The number of methoxy groups -OCH3 is 1. The van der Waals surface area contributed by atoms with Gasteiger partial charge >= 0.3 is 0 Å². The summed E-state index contributed by atoms with van der Waals surface area (Å²) in [6, 6.07) is 7.13. The van der Waals surface area contributed by atoms with Gasteiger partial charge in [0.25, 0.3) is 11.3 Å². The number of carbonyl (C=O) groups excluding carboxylic acids is 1. The summed E-state index contributed by atoms with van der Waals surface area (Å²) in [6.45, 7) is 0. The summed E-state index contributed by atoms with van der Waals surface area (Å²) in [5.74, 6) is 0.698. The Morgan fingerprint density at radius 1 is 1.39 bits per heavy atom. The summed E-state index contributed by atoms with van der Waals surface area (Å²) in [6.07, 6.45) is 1.12. The Balaban J connectivity index is 1.67. The smallest absolute Gasteiger partial charge is 0.271 e. The van der Waals surface area contributed by atoms with Crippen LogP contribution >= 0.6 is 11.8 Å². The van der Waals surface area contributed by atoms with Gasteiger partial charge in [-0.3, -0.25) is 14.6 Å². The summed E-state index contributed by atoms with van der Waals surface area (Å²) >= 11 is 1.16. The minimum absolute atomic E-state index is 0.111. The van der Waals surface area contributed by atoms with E-state index in [2.05, 4.69) is 25.6 Å². The van der Waals surface area contributed by atoms with E-state index in [0.29, 0.717) is 16.6 Å². The molecule has 10 heteroatoms. The molecule has 0 aliphatic heterocycles. The minimum Gasteiger partial charge on any atom is -0.495 e. The molecule has 118 valence electrons. The molecule has 1 amide bonds. The van der Waals surface area contributed by atoms with E-state index in [1.807, 2.05) is 6.07 Å². The number of nitrogens with zero attached hydrogens (tertiary/aromatic N) is 4. The number of H-pyrrole nitrogens is 1. The topological polar surface area (TPSA) is 114 Å². The molecule has 1 aromatic carbocycles. The zero-order chi connectivity index (χ0) is 16.2. The third-order valence-corrected chi connectivity index (χ3v) is 3.77. The second-order valence-corrected chi connectivity index (χ2v) is 5.33. The van der Waals surface area contributed by atoms with Gasteiger partial charge in [0.15, 0.2) is 0 Å². The Bertz CT molecular complexity index is 906. The van der Waals surface area contributed by atoms with Crippen LogP contribution in [0.3, 0.4) is 0 Å². The van der Waals surface area contributed by atoms with Crippen molar-refractivity contribution >= 4 is 29.1 Å². The third-order valence-electron chi connectivity index (χ3n) is 2.85. The molecule has 9 nitrogen and oxygen atoms in total. The molecule has 2 aromatic heterocycles. The lowest BCUT2D eigenvalue weighted by atomic mass is 10.3. The number of anilines is 1. The van der Waals surface area contributed by atoms with Gasteiger partial charge < -0.3 is 10.1 Å². The Morgan fingerprint density at radius 2 is 2.22 bits per heavy atom. The van der Waals surface area contributed by atoms with Crippen LogP contribution in [0.25, 0.3) is 5.78 Å². The SMILES string of the molecule is COc1ccccc1NC(=O)CSc1nnc2[nH]c(=O)cnn12. The number of aromatic amines is 1. The minimum atomic E-state index is -0.365. The van der Waals surface area contributed by atoms with Crippen LogP contribution in [0.1, 0.15) is 0 Å². The number of amides is 1. The normalized spacial score (nSPS) is 10.7. The number of fused-ring (bicyclic) bond motifs is 1. The molecular weight excluding hydrogens is 320 g/mol. The van der Waals surface area contributed by atoms with Gasteiger partial charge in [-0.25, -0.2) is 0 Å². The Hall–Kier alpha value is -2.88. The fourth-order valence-electron chi connectivity index (χ4n) is 1.85. The number of hydrogen-bond donors (Lipinski definition) is 2. The van der Waals surface area contributed by atoms with Crippen LogP contribution < -0.4 is 15.6 Å². The average Bonchev–Trinajstić information content (AvgIpc) is 2.95. The first kappa shape index (κ1) is 15.0. The molecule has 0 saturated heterocycles. The quantitative estimate of drug-likeness (QED) is 0.656. The van der Waals surface area contributed by atoms with E-state index >= 15 is 0 Å². The molecule has 2 N–H and O–H groups in total. The number of nitrogens with one attached hydrogen (secondary N) is 2. The van der Waals surface area contributed by atoms with Crippen molar-refractivity contribution < 1.29 is 9.53 Å². The van der Waals surface area contributed by atoms with Crippen molar-refractivity contribution in [1.29, 1.82) is 0 Å². The zero-order valence-corrected chi connectivity index (χ0v) is 12.8. The maximum absolute atomic E-state index is 12.0. The summed E-state index contributed by atoms with van der Waals surface area (Å²) in [5.41, 5.74) is 0.226. The van der Waals surface area contributed by atoms with Crippen molar-refractivity contribution in [2.45, 2.75) is 5.16 Å². The van der Waals surface area contributed by atoms with Crippen LogP contribution in [0.5, 0.6) is 5.75 Å². The van der Waals surface area contributed by atoms with Crippen molar-refractivity contribution in [2.75, 3.05) is 18.2 Å². The molecule has 0 spiro atoms. The second-order valence-electron chi connectivity index (χ2n) is 4.39. The maximum Gasteiger partial charge on any atom is 0.271 e. The van der Waals surface area contributed by atoms with Crippen LogP contribution in [0.2, 0.25) is 0 Å². The number of para-hydroxylation sites is 2. The van der Waals surface area contributed by atoms with E-state index in [-0.39, 0.29) is 23.0 Å². The highest BCUT2D eigenvalue weighted by Gasteiger charge is 2.12. The monoisotopic (exact) mass is 332 g/mol. The van der Waals surface area contributed by atoms with E-state index in [0.717, 1.165) is 18.0 Å². The van der Waals surface area contributed by atoms with Crippen LogP contribution in [0.4, 0.5) is 5.69 Å². The predicted octanol–water partition coefficient (Wildman–Crippen LogP) is 0.552. The van der Waals surface area contributed by atoms with Gasteiger partial charge in [0, 0.05) is 0 Å². The highest BCUT2D eigenvalue weighted by atomic mass is 32.2. The number of aromatic nitrogens is 5. The molecule has 0 unspecified atom stereocenters. The lowest BCUT2D eigenvalue weighted by Gasteiger charge is -2.09. The van der Waals surface area contributed by atoms with Gasteiger partial charge in [-0.15, -0.1) is 10.2 Å². The number of carbonyl (C=O) groups is 1. The summed E-state index contributed by atoms with van der Waals surface area (Å²) in [7, 11) is 1.54. The Morgan fingerprint density at radius 3 is 3.04 bits per heavy atom. The van der Waals surface area contributed by atoms with Gasteiger partial charge in [0.2, 0.25) is 11.1 Å². The molecule has 0 aliphatic rings. The van der Waals surface area contributed by atoms with Crippen LogP contribution in [0.15, 0.2) is 40.4 Å². The van der Waals surface area contributed by atoms with Crippen molar-refractivity contribution in [3.05, 3.63) is 40.8 Å². The molecule has 0 bridgehead atoms.